The maximum Gasteiger partial charge on any atom is 0.422 e. The molecule has 0 fully saturated rings. The summed E-state index contributed by atoms with van der Waals surface area (Å²) < 4.78 is 6.73. The number of aryl methyl sites for hydroxylation is 1. The molecule has 0 N–H and O–H groups in total. The molecule has 2 rings (SSSR count). The first-order valence-electron chi connectivity index (χ1n) is 6.59. The van der Waals surface area contributed by atoms with Gasteiger partial charge in [-0.05, 0) is 19.4 Å². The Bertz CT molecular complexity index is 759. The molecule has 0 unspecified atom stereocenters. The number of hydrogen-bond donors (Lipinski definition) is 0. The van der Waals surface area contributed by atoms with Gasteiger partial charge in [0.25, 0.3) is 5.56 Å². The Labute approximate surface area is 121 Å². The summed E-state index contributed by atoms with van der Waals surface area (Å²) in [5.41, 5.74) is -0.0760. The molecule has 110 valence electrons. The Morgan fingerprint density at radius 3 is 2.48 bits per heavy atom. The van der Waals surface area contributed by atoms with Crippen LogP contribution < -0.4 is 11.2 Å². The zero-order valence-electron chi connectivity index (χ0n) is 11.9. The summed E-state index contributed by atoms with van der Waals surface area (Å²) in [6.45, 7) is 3.44. The molecule has 0 aliphatic heterocycles. The van der Waals surface area contributed by atoms with E-state index < -0.39 is 17.3 Å². The van der Waals surface area contributed by atoms with E-state index in [9.17, 15) is 14.4 Å². The fraction of sp³-hybridized carbons (Fsp3) is 0.267. The fourth-order valence-corrected chi connectivity index (χ4v) is 2.01. The van der Waals surface area contributed by atoms with Crippen LogP contribution in [-0.2, 0) is 11.3 Å². The van der Waals surface area contributed by atoms with Crippen molar-refractivity contribution in [2.75, 3.05) is 6.61 Å². The van der Waals surface area contributed by atoms with E-state index in [1.165, 1.54) is 13.0 Å². The van der Waals surface area contributed by atoms with Crippen molar-refractivity contribution in [2.45, 2.75) is 20.4 Å². The Kier molecular flexibility index (Phi) is 4.37. The van der Waals surface area contributed by atoms with Gasteiger partial charge in [0.2, 0.25) is 0 Å². The quantitative estimate of drug-likeness (QED) is 0.855. The standard InChI is InChI=1S/C15H16N2O4/c1-3-21-15(20)17-11(2)9-13(18)16(14(17)19)10-12-7-5-4-6-8-12/h4-9H,3,10H2,1-2H3. The number of nitrogens with zero attached hydrogens (tertiary/aromatic N) is 2. The molecule has 0 bridgehead atoms. The van der Waals surface area contributed by atoms with Gasteiger partial charge in [0.15, 0.2) is 0 Å². The van der Waals surface area contributed by atoms with Crippen LogP contribution in [0, 0.1) is 6.92 Å². The molecular weight excluding hydrogens is 272 g/mol. The number of carbonyl (C=O) groups is 1. The normalized spacial score (nSPS) is 10.4. The number of aromatic nitrogens is 2. The van der Waals surface area contributed by atoms with E-state index in [-0.39, 0.29) is 18.8 Å². The van der Waals surface area contributed by atoms with E-state index in [4.69, 9.17) is 4.74 Å². The van der Waals surface area contributed by atoms with Crippen LogP contribution >= 0.6 is 0 Å². The van der Waals surface area contributed by atoms with Crippen molar-refractivity contribution < 1.29 is 9.53 Å². The average molecular weight is 288 g/mol. The lowest BCUT2D eigenvalue weighted by atomic mass is 10.2. The molecule has 6 nitrogen and oxygen atoms in total. The molecule has 0 spiro atoms. The van der Waals surface area contributed by atoms with E-state index in [0.29, 0.717) is 0 Å². The van der Waals surface area contributed by atoms with Gasteiger partial charge in [-0.2, -0.15) is 0 Å². The molecule has 0 radical (unpaired) electrons. The molecule has 0 aliphatic carbocycles. The Morgan fingerprint density at radius 2 is 1.86 bits per heavy atom. The topological polar surface area (TPSA) is 70.3 Å². The minimum atomic E-state index is -0.776. The summed E-state index contributed by atoms with van der Waals surface area (Å²) in [6, 6.07) is 10.3. The van der Waals surface area contributed by atoms with Crippen LogP contribution in [0.4, 0.5) is 4.79 Å². The second-order valence-corrected chi connectivity index (χ2v) is 4.51. The summed E-state index contributed by atoms with van der Waals surface area (Å²) in [5, 5.41) is 0. The molecule has 0 amide bonds. The highest BCUT2D eigenvalue weighted by Crippen LogP contribution is 2.00. The molecule has 0 saturated carbocycles. The molecule has 0 saturated heterocycles. The van der Waals surface area contributed by atoms with Crippen LogP contribution in [0.15, 0.2) is 46.0 Å². The highest BCUT2D eigenvalue weighted by Gasteiger charge is 2.15. The lowest BCUT2D eigenvalue weighted by Crippen LogP contribution is -2.43. The summed E-state index contributed by atoms with van der Waals surface area (Å²) in [7, 11) is 0. The summed E-state index contributed by atoms with van der Waals surface area (Å²) >= 11 is 0. The summed E-state index contributed by atoms with van der Waals surface area (Å²) in [4.78, 5) is 36.2. The third kappa shape index (κ3) is 3.10. The summed E-state index contributed by atoms with van der Waals surface area (Å²) in [6.07, 6.45) is -0.776. The third-order valence-corrected chi connectivity index (χ3v) is 3.01. The molecule has 0 atom stereocenters. The van der Waals surface area contributed by atoms with Crippen molar-refractivity contribution in [2.24, 2.45) is 0 Å². The van der Waals surface area contributed by atoms with Gasteiger partial charge in [-0.3, -0.25) is 9.36 Å². The number of hydrogen-bond acceptors (Lipinski definition) is 4. The first-order chi connectivity index (χ1) is 10.0. The zero-order chi connectivity index (χ0) is 15.4. The molecule has 6 heteroatoms. The van der Waals surface area contributed by atoms with Gasteiger partial charge in [0, 0.05) is 11.8 Å². The lowest BCUT2D eigenvalue weighted by molar-refractivity contribution is 0.151. The minimum absolute atomic E-state index is 0.109. The fourth-order valence-electron chi connectivity index (χ4n) is 2.01. The van der Waals surface area contributed by atoms with E-state index in [1.807, 2.05) is 18.2 Å². The number of ether oxygens (including phenoxy) is 1. The smallest absolute Gasteiger partial charge is 0.422 e. The van der Waals surface area contributed by atoms with Crippen molar-refractivity contribution in [3.05, 3.63) is 68.5 Å². The van der Waals surface area contributed by atoms with Crippen LogP contribution in [0.25, 0.3) is 0 Å². The Balaban J connectivity index is 2.52. The predicted octanol–water partition coefficient (Wildman–Crippen LogP) is 1.37. The van der Waals surface area contributed by atoms with Crippen LogP contribution in [0.5, 0.6) is 0 Å². The highest BCUT2D eigenvalue weighted by atomic mass is 16.5. The van der Waals surface area contributed by atoms with Crippen molar-refractivity contribution in [3.8, 4) is 0 Å². The van der Waals surface area contributed by atoms with Gasteiger partial charge in [0.1, 0.15) is 0 Å². The van der Waals surface area contributed by atoms with Crippen LogP contribution in [0.1, 0.15) is 18.2 Å². The van der Waals surface area contributed by atoms with Gasteiger partial charge in [-0.1, -0.05) is 30.3 Å². The van der Waals surface area contributed by atoms with Crippen molar-refractivity contribution in [3.63, 3.8) is 0 Å². The molecule has 1 heterocycles. The second-order valence-electron chi connectivity index (χ2n) is 4.51. The second kappa shape index (κ2) is 6.21. The van der Waals surface area contributed by atoms with E-state index in [2.05, 4.69) is 0 Å². The monoisotopic (exact) mass is 288 g/mol. The van der Waals surface area contributed by atoms with Crippen LogP contribution in [0.2, 0.25) is 0 Å². The predicted molar refractivity (Wildman–Crippen MR) is 77.7 cm³/mol. The maximum absolute atomic E-state index is 12.4. The van der Waals surface area contributed by atoms with Crippen molar-refractivity contribution >= 4 is 6.09 Å². The van der Waals surface area contributed by atoms with Gasteiger partial charge in [-0.15, -0.1) is 0 Å². The van der Waals surface area contributed by atoms with Crippen LogP contribution in [0.3, 0.4) is 0 Å². The number of carbonyl (C=O) groups excluding carboxylic acids is 1. The molecule has 2 aromatic rings. The highest BCUT2D eigenvalue weighted by molar-refractivity contribution is 5.70. The number of rotatable bonds is 3. The average Bonchev–Trinajstić information content (AvgIpc) is 2.44. The van der Waals surface area contributed by atoms with E-state index in [0.717, 1.165) is 14.7 Å². The molecule has 1 aromatic heterocycles. The van der Waals surface area contributed by atoms with Crippen molar-refractivity contribution in [1.29, 1.82) is 0 Å². The summed E-state index contributed by atoms with van der Waals surface area (Å²) in [5.74, 6) is 0. The largest absolute Gasteiger partial charge is 0.449 e. The van der Waals surface area contributed by atoms with Gasteiger partial charge >= 0.3 is 11.8 Å². The number of benzene rings is 1. The lowest BCUT2D eigenvalue weighted by Gasteiger charge is -2.11. The first kappa shape index (κ1) is 14.8. The van der Waals surface area contributed by atoms with Gasteiger partial charge in [-0.25, -0.2) is 14.2 Å². The van der Waals surface area contributed by atoms with E-state index >= 15 is 0 Å². The van der Waals surface area contributed by atoms with Crippen molar-refractivity contribution in [1.82, 2.24) is 9.13 Å². The molecular formula is C15H16N2O4. The van der Waals surface area contributed by atoms with Gasteiger partial charge < -0.3 is 4.74 Å². The van der Waals surface area contributed by atoms with Gasteiger partial charge in [0.05, 0.1) is 13.2 Å². The third-order valence-electron chi connectivity index (χ3n) is 3.01. The zero-order valence-corrected chi connectivity index (χ0v) is 11.9. The minimum Gasteiger partial charge on any atom is -0.449 e. The first-order valence-corrected chi connectivity index (χ1v) is 6.59. The molecule has 1 aromatic carbocycles. The van der Waals surface area contributed by atoms with E-state index in [1.54, 1.807) is 19.1 Å². The Morgan fingerprint density at radius 1 is 1.19 bits per heavy atom. The Hall–Kier alpha value is -2.63. The van der Waals surface area contributed by atoms with Crippen LogP contribution in [-0.4, -0.2) is 21.8 Å². The molecule has 21 heavy (non-hydrogen) atoms. The maximum atomic E-state index is 12.4. The molecule has 0 aliphatic rings. The SMILES string of the molecule is CCOC(=O)n1c(C)cc(=O)n(Cc2ccccc2)c1=O.